The first kappa shape index (κ1) is 25.5. The Morgan fingerprint density at radius 1 is 1.09 bits per heavy atom. The molecule has 32 heavy (non-hydrogen) atoms. The highest BCUT2D eigenvalue weighted by molar-refractivity contribution is 5.30. The summed E-state index contributed by atoms with van der Waals surface area (Å²) < 4.78 is 49.2. The lowest BCUT2D eigenvalue weighted by Crippen LogP contribution is -2.48. The maximum absolute atomic E-state index is 12.8. The Labute approximate surface area is 184 Å². The minimum atomic E-state index is -4.45. The van der Waals surface area contributed by atoms with E-state index in [0.717, 1.165) is 12.1 Å². The average Bonchev–Trinajstić information content (AvgIpc) is 2.74. The van der Waals surface area contributed by atoms with Gasteiger partial charge in [0.2, 0.25) is 5.88 Å². The highest BCUT2D eigenvalue weighted by Crippen LogP contribution is 2.31. The van der Waals surface area contributed by atoms with Crippen molar-refractivity contribution in [2.45, 2.75) is 51.6 Å². The van der Waals surface area contributed by atoms with Crippen molar-refractivity contribution in [1.82, 2.24) is 15.5 Å². The van der Waals surface area contributed by atoms with Gasteiger partial charge in [-0.25, -0.2) is 0 Å². The lowest BCUT2D eigenvalue weighted by Gasteiger charge is -2.27. The Bertz CT molecular complexity index is 874. The van der Waals surface area contributed by atoms with Gasteiger partial charge < -0.3 is 19.9 Å². The third-order valence-electron chi connectivity index (χ3n) is 4.02. The van der Waals surface area contributed by atoms with Crippen LogP contribution in [0.25, 0.3) is 0 Å². The molecule has 1 aromatic heterocycles. The van der Waals surface area contributed by atoms with Gasteiger partial charge in [-0.2, -0.15) is 18.3 Å². The number of nitrogens with one attached hydrogen (secondary N) is 1. The molecule has 2 rings (SSSR count). The number of hydrogen-bond acceptors (Lipinski definition) is 8. The van der Waals surface area contributed by atoms with Gasteiger partial charge >= 0.3 is 6.18 Å². The van der Waals surface area contributed by atoms with Crippen LogP contribution in [-0.2, 0) is 6.18 Å². The molecular formula is C21H28F3N5O3. The van der Waals surface area contributed by atoms with Gasteiger partial charge in [-0.1, -0.05) is 6.07 Å². The van der Waals surface area contributed by atoms with E-state index in [1.807, 2.05) is 27.7 Å². The molecule has 0 saturated heterocycles. The van der Waals surface area contributed by atoms with Gasteiger partial charge in [-0.15, -0.1) is 15.3 Å². The standard InChI is InChI=1S/C21H28F3N5O3/c1-14(2)26-27-18-8-9-19(29-28-18)32-13-20(3,4)25-11-16(30)12-31-17-7-5-6-15(10-17)21(22,23)24/h5-10,14,16,25,30H,11-13H2,1-4H3. The van der Waals surface area contributed by atoms with Gasteiger partial charge in [-0.3, -0.25) is 0 Å². The van der Waals surface area contributed by atoms with Crippen LogP contribution in [0.15, 0.2) is 46.6 Å². The molecule has 2 N–H and O–H groups in total. The molecule has 0 radical (unpaired) electrons. The van der Waals surface area contributed by atoms with Gasteiger partial charge in [0.15, 0.2) is 5.82 Å². The first-order chi connectivity index (χ1) is 14.9. The molecule has 0 aliphatic heterocycles. The minimum Gasteiger partial charge on any atom is -0.491 e. The summed E-state index contributed by atoms with van der Waals surface area (Å²) >= 11 is 0. The molecule has 0 aliphatic carbocycles. The number of β-amino-alcohol motifs (C(OH)–C–C–N with tert-alkyl or cyclic N) is 1. The molecule has 1 atom stereocenters. The largest absolute Gasteiger partial charge is 0.491 e. The molecule has 176 valence electrons. The fraction of sp³-hybridized carbons (Fsp3) is 0.524. The molecule has 0 saturated carbocycles. The normalized spacial score (nSPS) is 13.5. The van der Waals surface area contributed by atoms with Gasteiger partial charge in [-0.05, 0) is 52.0 Å². The SMILES string of the molecule is CC(C)N=Nc1ccc(OCC(C)(C)NCC(O)COc2cccc(C(F)(F)F)c2)nn1. The zero-order chi connectivity index (χ0) is 23.8. The number of azo groups is 1. The number of benzene rings is 1. The van der Waals surface area contributed by atoms with Crippen molar-refractivity contribution in [3.8, 4) is 11.6 Å². The number of alkyl halides is 3. The van der Waals surface area contributed by atoms with Gasteiger partial charge in [0.1, 0.15) is 25.1 Å². The molecule has 11 heteroatoms. The van der Waals surface area contributed by atoms with Crippen molar-refractivity contribution < 1.29 is 27.8 Å². The predicted octanol–water partition coefficient (Wildman–Crippen LogP) is 4.17. The van der Waals surface area contributed by atoms with Crippen molar-refractivity contribution in [2.24, 2.45) is 10.2 Å². The summed E-state index contributed by atoms with van der Waals surface area (Å²) in [5.74, 6) is 0.737. The number of hydrogen-bond donors (Lipinski definition) is 2. The third kappa shape index (κ3) is 9.15. The first-order valence-electron chi connectivity index (χ1n) is 10.1. The van der Waals surface area contributed by atoms with Crippen LogP contribution in [0.4, 0.5) is 19.0 Å². The molecule has 0 amide bonds. The number of rotatable bonds is 11. The summed E-state index contributed by atoms with van der Waals surface area (Å²) in [6, 6.07) is 7.86. The Morgan fingerprint density at radius 3 is 2.47 bits per heavy atom. The van der Waals surface area contributed by atoms with Crippen molar-refractivity contribution in [3.05, 3.63) is 42.0 Å². The van der Waals surface area contributed by atoms with Crippen molar-refractivity contribution in [1.29, 1.82) is 0 Å². The lowest BCUT2D eigenvalue weighted by molar-refractivity contribution is -0.137. The molecule has 0 spiro atoms. The topological polar surface area (TPSA) is 101 Å². The summed E-state index contributed by atoms with van der Waals surface area (Å²) in [7, 11) is 0. The van der Waals surface area contributed by atoms with Crippen molar-refractivity contribution in [2.75, 3.05) is 19.8 Å². The summed E-state index contributed by atoms with van der Waals surface area (Å²) in [5.41, 5.74) is -1.34. The summed E-state index contributed by atoms with van der Waals surface area (Å²) in [6.07, 6.45) is -5.39. The maximum Gasteiger partial charge on any atom is 0.416 e. The highest BCUT2D eigenvalue weighted by atomic mass is 19.4. The second-order valence-electron chi connectivity index (χ2n) is 8.08. The molecular weight excluding hydrogens is 427 g/mol. The van der Waals surface area contributed by atoms with Crippen LogP contribution < -0.4 is 14.8 Å². The predicted molar refractivity (Wildman–Crippen MR) is 112 cm³/mol. The van der Waals surface area contributed by atoms with E-state index in [4.69, 9.17) is 9.47 Å². The number of aromatic nitrogens is 2. The number of ether oxygens (including phenoxy) is 2. The van der Waals surface area contributed by atoms with Crippen LogP contribution in [0.3, 0.4) is 0 Å². The van der Waals surface area contributed by atoms with E-state index in [2.05, 4.69) is 25.7 Å². The van der Waals surface area contributed by atoms with E-state index in [9.17, 15) is 18.3 Å². The van der Waals surface area contributed by atoms with Crippen LogP contribution in [0.1, 0.15) is 33.3 Å². The van der Waals surface area contributed by atoms with Crippen LogP contribution in [0.2, 0.25) is 0 Å². The van der Waals surface area contributed by atoms with E-state index < -0.39 is 23.4 Å². The second kappa shape index (κ2) is 11.2. The molecule has 1 aromatic carbocycles. The van der Waals surface area contributed by atoms with E-state index in [1.165, 1.54) is 12.1 Å². The Balaban J connectivity index is 1.76. The summed E-state index contributed by atoms with van der Waals surface area (Å²) in [4.78, 5) is 0. The highest BCUT2D eigenvalue weighted by Gasteiger charge is 2.30. The van der Waals surface area contributed by atoms with E-state index in [-0.39, 0.29) is 31.5 Å². The first-order valence-corrected chi connectivity index (χ1v) is 10.1. The van der Waals surface area contributed by atoms with E-state index in [1.54, 1.807) is 12.1 Å². The lowest BCUT2D eigenvalue weighted by atomic mass is 10.1. The number of aliphatic hydroxyl groups excluding tert-OH is 1. The molecule has 8 nitrogen and oxygen atoms in total. The van der Waals surface area contributed by atoms with Crippen LogP contribution >= 0.6 is 0 Å². The average molecular weight is 455 g/mol. The molecule has 0 aliphatic rings. The number of aliphatic hydroxyl groups is 1. The third-order valence-corrected chi connectivity index (χ3v) is 4.02. The van der Waals surface area contributed by atoms with Crippen molar-refractivity contribution >= 4 is 5.82 Å². The van der Waals surface area contributed by atoms with Crippen LogP contribution in [0.5, 0.6) is 11.6 Å². The fourth-order valence-electron chi connectivity index (χ4n) is 2.33. The smallest absolute Gasteiger partial charge is 0.416 e. The van der Waals surface area contributed by atoms with Crippen LogP contribution in [-0.4, -0.2) is 52.7 Å². The monoisotopic (exact) mass is 455 g/mol. The van der Waals surface area contributed by atoms with Gasteiger partial charge in [0.25, 0.3) is 0 Å². The van der Waals surface area contributed by atoms with Gasteiger partial charge in [0, 0.05) is 18.2 Å². The zero-order valence-corrected chi connectivity index (χ0v) is 18.4. The van der Waals surface area contributed by atoms with Gasteiger partial charge in [0.05, 0.1) is 11.6 Å². The number of nitrogens with zero attached hydrogens (tertiary/aromatic N) is 4. The van der Waals surface area contributed by atoms with E-state index >= 15 is 0 Å². The number of halogens is 3. The maximum atomic E-state index is 12.8. The van der Waals surface area contributed by atoms with Crippen LogP contribution in [0, 0.1) is 0 Å². The molecule has 1 heterocycles. The molecule has 2 aromatic rings. The second-order valence-corrected chi connectivity index (χ2v) is 8.08. The van der Waals surface area contributed by atoms with Crippen molar-refractivity contribution in [3.63, 3.8) is 0 Å². The Morgan fingerprint density at radius 2 is 1.84 bits per heavy atom. The fourth-order valence-corrected chi connectivity index (χ4v) is 2.33. The Hall–Kier alpha value is -2.79. The molecule has 0 fully saturated rings. The molecule has 0 bridgehead atoms. The quantitative estimate of drug-likeness (QED) is 0.493. The van der Waals surface area contributed by atoms with E-state index in [0.29, 0.717) is 11.7 Å². The summed E-state index contributed by atoms with van der Waals surface area (Å²) in [6.45, 7) is 7.75. The Kier molecular flexibility index (Phi) is 8.90. The summed E-state index contributed by atoms with van der Waals surface area (Å²) in [5, 5.41) is 29.0. The minimum absolute atomic E-state index is 0.0384. The molecule has 1 unspecified atom stereocenters. The zero-order valence-electron chi connectivity index (χ0n) is 18.4.